The Morgan fingerprint density at radius 2 is 2.17 bits per heavy atom. The Balaban J connectivity index is 1.92. The van der Waals surface area contributed by atoms with E-state index in [0.717, 1.165) is 30.5 Å². The van der Waals surface area contributed by atoms with E-state index in [2.05, 4.69) is 11.0 Å². The molecule has 1 aliphatic heterocycles. The second-order valence-electron chi connectivity index (χ2n) is 5.19. The van der Waals surface area contributed by atoms with E-state index in [4.69, 9.17) is 5.73 Å². The zero-order chi connectivity index (χ0) is 12.5. The molecule has 0 unspecified atom stereocenters. The number of nitrogens with two attached hydrogens (primary N) is 1. The summed E-state index contributed by atoms with van der Waals surface area (Å²) in [7, 11) is 0. The molecular weight excluding hydrogens is 227 g/mol. The third kappa shape index (κ3) is 2.15. The molecule has 0 radical (unpaired) electrons. The lowest BCUT2D eigenvalue weighted by atomic mass is 9.99. The van der Waals surface area contributed by atoms with E-state index in [1.54, 1.807) is 12.1 Å². The Bertz CT molecular complexity index is 477. The van der Waals surface area contributed by atoms with E-state index in [-0.39, 0.29) is 5.82 Å². The van der Waals surface area contributed by atoms with Crippen LogP contribution in [-0.2, 0) is 6.54 Å². The molecule has 0 atom stereocenters. The van der Waals surface area contributed by atoms with Gasteiger partial charge in [0, 0.05) is 23.8 Å². The number of fused-ring (bicyclic) bond motifs is 1. The highest BCUT2D eigenvalue weighted by Gasteiger charge is 2.33. The molecular formula is C15H19FN2. The van der Waals surface area contributed by atoms with Crippen LogP contribution in [0.2, 0.25) is 0 Å². The SMILES string of the molecule is NCCCC1=Cc2cccc(F)c2CN1C1CC1. The molecule has 0 saturated heterocycles. The van der Waals surface area contributed by atoms with Gasteiger partial charge in [-0.1, -0.05) is 12.1 Å². The quantitative estimate of drug-likeness (QED) is 0.885. The van der Waals surface area contributed by atoms with E-state index in [1.807, 2.05) is 6.07 Å². The molecule has 0 bridgehead atoms. The van der Waals surface area contributed by atoms with E-state index < -0.39 is 0 Å². The zero-order valence-corrected chi connectivity index (χ0v) is 10.5. The lowest BCUT2D eigenvalue weighted by Gasteiger charge is -2.32. The van der Waals surface area contributed by atoms with Gasteiger partial charge in [-0.3, -0.25) is 0 Å². The van der Waals surface area contributed by atoms with Crippen molar-refractivity contribution in [2.24, 2.45) is 5.73 Å². The summed E-state index contributed by atoms with van der Waals surface area (Å²) in [6.07, 6.45) is 6.63. The highest BCUT2D eigenvalue weighted by atomic mass is 19.1. The molecule has 0 spiro atoms. The monoisotopic (exact) mass is 246 g/mol. The summed E-state index contributed by atoms with van der Waals surface area (Å²) in [6, 6.07) is 5.98. The lowest BCUT2D eigenvalue weighted by molar-refractivity contribution is 0.306. The summed E-state index contributed by atoms with van der Waals surface area (Å²) in [4.78, 5) is 2.38. The first-order valence-corrected chi connectivity index (χ1v) is 6.74. The first kappa shape index (κ1) is 11.7. The molecule has 1 aliphatic carbocycles. The molecule has 0 aromatic heterocycles. The largest absolute Gasteiger partial charge is 0.367 e. The maximum atomic E-state index is 13.8. The Morgan fingerprint density at radius 1 is 1.33 bits per heavy atom. The minimum Gasteiger partial charge on any atom is -0.367 e. The predicted octanol–water partition coefficient (Wildman–Crippen LogP) is 2.88. The lowest BCUT2D eigenvalue weighted by Crippen LogP contribution is -2.28. The van der Waals surface area contributed by atoms with Gasteiger partial charge in [0.25, 0.3) is 0 Å². The van der Waals surface area contributed by atoms with Crippen LogP contribution in [0.4, 0.5) is 4.39 Å². The van der Waals surface area contributed by atoms with Gasteiger partial charge < -0.3 is 10.6 Å². The normalized spacial score (nSPS) is 18.6. The van der Waals surface area contributed by atoms with E-state index >= 15 is 0 Å². The summed E-state index contributed by atoms with van der Waals surface area (Å²) in [5.41, 5.74) is 8.82. The summed E-state index contributed by atoms with van der Waals surface area (Å²) < 4.78 is 13.8. The van der Waals surface area contributed by atoms with Gasteiger partial charge in [0.05, 0.1) is 0 Å². The zero-order valence-electron chi connectivity index (χ0n) is 10.5. The second kappa shape index (κ2) is 4.73. The first-order valence-electron chi connectivity index (χ1n) is 6.74. The van der Waals surface area contributed by atoms with Crippen molar-refractivity contribution in [3.8, 4) is 0 Å². The Labute approximate surface area is 107 Å². The molecule has 1 heterocycles. The van der Waals surface area contributed by atoms with Crippen molar-refractivity contribution >= 4 is 6.08 Å². The molecule has 18 heavy (non-hydrogen) atoms. The standard InChI is InChI=1S/C15H19FN2/c16-15-5-1-3-11-9-13(4-2-8-17)18(10-14(11)15)12-6-7-12/h1,3,5,9,12H,2,4,6-8,10,17H2. The van der Waals surface area contributed by atoms with Crippen molar-refractivity contribution < 1.29 is 4.39 Å². The van der Waals surface area contributed by atoms with Gasteiger partial charge in [-0.05, 0) is 49.9 Å². The van der Waals surface area contributed by atoms with Crippen molar-refractivity contribution in [3.63, 3.8) is 0 Å². The number of allylic oxidation sites excluding steroid dienone is 1. The summed E-state index contributed by atoms with van der Waals surface area (Å²) >= 11 is 0. The number of hydrogen-bond donors (Lipinski definition) is 1. The van der Waals surface area contributed by atoms with Gasteiger partial charge >= 0.3 is 0 Å². The van der Waals surface area contributed by atoms with Crippen LogP contribution in [0.1, 0.15) is 36.8 Å². The van der Waals surface area contributed by atoms with Crippen LogP contribution in [0.15, 0.2) is 23.9 Å². The minimum absolute atomic E-state index is 0.0766. The van der Waals surface area contributed by atoms with Gasteiger partial charge in [0.2, 0.25) is 0 Å². The third-order valence-corrected chi connectivity index (χ3v) is 3.80. The Morgan fingerprint density at radius 3 is 2.89 bits per heavy atom. The Hall–Kier alpha value is -1.35. The van der Waals surface area contributed by atoms with E-state index in [9.17, 15) is 4.39 Å². The van der Waals surface area contributed by atoms with Crippen LogP contribution in [0.25, 0.3) is 6.08 Å². The van der Waals surface area contributed by atoms with Crippen LogP contribution < -0.4 is 5.73 Å². The van der Waals surface area contributed by atoms with Gasteiger partial charge in [-0.2, -0.15) is 0 Å². The molecule has 1 aromatic rings. The number of rotatable bonds is 4. The van der Waals surface area contributed by atoms with Gasteiger partial charge in [-0.15, -0.1) is 0 Å². The predicted molar refractivity (Wildman–Crippen MR) is 71.2 cm³/mol. The summed E-state index contributed by atoms with van der Waals surface area (Å²) in [5.74, 6) is -0.0766. The van der Waals surface area contributed by atoms with Gasteiger partial charge in [-0.25, -0.2) is 4.39 Å². The van der Waals surface area contributed by atoms with Crippen LogP contribution in [-0.4, -0.2) is 17.5 Å². The van der Waals surface area contributed by atoms with E-state index in [1.165, 1.54) is 18.5 Å². The van der Waals surface area contributed by atoms with Crippen molar-refractivity contribution in [3.05, 3.63) is 40.8 Å². The van der Waals surface area contributed by atoms with Gasteiger partial charge in [0.1, 0.15) is 5.82 Å². The molecule has 1 saturated carbocycles. The molecule has 2 aliphatic rings. The van der Waals surface area contributed by atoms with Crippen LogP contribution in [0.5, 0.6) is 0 Å². The topological polar surface area (TPSA) is 29.3 Å². The fourth-order valence-corrected chi connectivity index (χ4v) is 2.66. The maximum Gasteiger partial charge on any atom is 0.128 e. The highest BCUT2D eigenvalue weighted by molar-refractivity contribution is 5.59. The molecule has 1 aromatic carbocycles. The molecule has 3 heteroatoms. The molecule has 96 valence electrons. The fraction of sp³-hybridized carbons (Fsp3) is 0.467. The minimum atomic E-state index is -0.0766. The van der Waals surface area contributed by atoms with Gasteiger partial charge in [0.15, 0.2) is 0 Å². The Kier molecular flexibility index (Phi) is 3.08. The number of nitrogens with zero attached hydrogens (tertiary/aromatic N) is 1. The van der Waals surface area contributed by atoms with Crippen molar-refractivity contribution in [1.82, 2.24) is 4.90 Å². The second-order valence-corrected chi connectivity index (χ2v) is 5.19. The average molecular weight is 246 g/mol. The number of hydrogen-bond acceptors (Lipinski definition) is 2. The molecule has 1 fully saturated rings. The van der Waals surface area contributed by atoms with Crippen LogP contribution in [0.3, 0.4) is 0 Å². The third-order valence-electron chi connectivity index (χ3n) is 3.80. The molecule has 0 amide bonds. The number of halogens is 1. The highest BCUT2D eigenvalue weighted by Crippen LogP contribution is 2.37. The van der Waals surface area contributed by atoms with Crippen LogP contribution in [0, 0.1) is 5.82 Å². The molecule has 2 nitrogen and oxygen atoms in total. The smallest absolute Gasteiger partial charge is 0.128 e. The fourth-order valence-electron chi connectivity index (χ4n) is 2.66. The summed E-state index contributed by atoms with van der Waals surface area (Å²) in [6.45, 7) is 1.44. The van der Waals surface area contributed by atoms with E-state index in [0.29, 0.717) is 12.6 Å². The average Bonchev–Trinajstić information content (AvgIpc) is 3.20. The molecule has 2 N–H and O–H groups in total. The number of benzene rings is 1. The maximum absolute atomic E-state index is 13.8. The van der Waals surface area contributed by atoms with Crippen LogP contribution >= 0.6 is 0 Å². The first-order chi connectivity index (χ1) is 8.79. The molecule has 3 rings (SSSR count). The van der Waals surface area contributed by atoms with Crippen molar-refractivity contribution in [2.75, 3.05) is 6.54 Å². The van der Waals surface area contributed by atoms with Crippen molar-refractivity contribution in [2.45, 2.75) is 38.3 Å². The summed E-state index contributed by atoms with van der Waals surface area (Å²) in [5, 5.41) is 0. The van der Waals surface area contributed by atoms with Crippen molar-refractivity contribution in [1.29, 1.82) is 0 Å².